The van der Waals surface area contributed by atoms with E-state index in [-0.39, 0.29) is 41.9 Å². The number of Topliss-reactive ketones (excluding diaryl/α,β-unsaturated/α-hetero) is 2. The summed E-state index contributed by atoms with van der Waals surface area (Å²) in [6, 6.07) is 8.45. The first-order valence-electron chi connectivity index (χ1n) is 16.1. The summed E-state index contributed by atoms with van der Waals surface area (Å²) in [4.78, 5) is 41.0. The maximum absolute atomic E-state index is 15.3. The Hall–Kier alpha value is -4.20. The van der Waals surface area contributed by atoms with E-state index >= 15 is 13.2 Å². The molecular formula is C35H38F3N3O7. The van der Waals surface area contributed by atoms with Crippen molar-refractivity contribution in [3.8, 4) is 5.75 Å². The van der Waals surface area contributed by atoms with Crippen LogP contribution in [0.5, 0.6) is 5.75 Å². The molecule has 2 fully saturated rings. The Bertz CT molecular complexity index is 1740. The number of carbonyl (C=O) groups is 3. The number of aliphatic hydroxyl groups is 3. The number of primary amides is 1. The van der Waals surface area contributed by atoms with E-state index in [1.165, 1.54) is 6.07 Å². The lowest BCUT2D eigenvalue weighted by Gasteiger charge is -2.48. The van der Waals surface area contributed by atoms with Crippen LogP contribution in [0.1, 0.15) is 72.9 Å². The molecule has 2 aromatic carbocycles. The van der Waals surface area contributed by atoms with Crippen LogP contribution in [0.4, 0.5) is 13.2 Å². The van der Waals surface area contributed by atoms with Gasteiger partial charge in [-0.2, -0.15) is 13.2 Å². The second kappa shape index (κ2) is 12.4. The first-order valence-corrected chi connectivity index (χ1v) is 16.1. The molecule has 0 aromatic heterocycles. The minimum Gasteiger partial charge on any atom is -0.508 e. The van der Waals surface area contributed by atoms with Gasteiger partial charge in [0.1, 0.15) is 22.8 Å². The van der Waals surface area contributed by atoms with E-state index < -0.39 is 81.4 Å². The largest absolute Gasteiger partial charge is 0.508 e. The van der Waals surface area contributed by atoms with Crippen molar-refractivity contribution in [1.82, 2.24) is 4.90 Å². The molecule has 1 saturated heterocycles. The van der Waals surface area contributed by atoms with E-state index in [4.69, 9.17) is 16.2 Å². The Morgan fingerprint density at radius 1 is 1.17 bits per heavy atom. The Labute approximate surface area is 274 Å². The zero-order chi connectivity index (χ0) is 34.7. The molecular weight excluding hydrogens is 631 g/mol. The van der Waals surface area contributed by atoms with Crippen LogP contribution in [-0.4, -0.2) is 62.5 Å². The molecule has 1 saturated carbocycles. The smallest absolute Gasteiger partial charge is 0.417 e. The SMILES string of the molecule is CCCCOc1cc(C2CCCN2Cc2ccccc2)c(C(F)(F)F)c2c1C(O)=C1C(=O)[C@]3(O)C(O)=C(C(N)=O)C(=O)[C@@H](N)[C@@H]3C[C@@H]1C2. The van der Waals surface area contributed by atoms with Gasteiger partial charge in [0.15, 0.2) is 11.4 Å². The molecule has 0 radical (unpaired) electrons. The van der Waals surface area contributed by atoms with E-state index in [9.17, 15) is 29.7 Å². The van der Waals surface area contributed by atoms with Gasteiger partial charge in [-0.05, 0) is 67.3 Å². The van der Waals surface area contributed by atoms with Gasteiger partial charge in [0.25, 0.3) is 5.91 Å². The van der Waals surface area contributed by atoms with Crippen LogP contribution in [0.25, 0.3) is 5.76 Å². The van der Waals surface area contributed by atoms with Gasteiger partial charge in [-0.25, -0.2) is 0 Å². The average molecular weight is 670 g/mol. The number of hydrogen-bond donors (Lipinski definition) is 5. The fourth-order valence-corrected chi connectivity index (χ4v) is 8.03. The van der Waals surface area contributed by atoms with Crippen LogP contribution in [0.2, 0.25) is 0 Å². The predicted octanol–water partition coefficient (Wildman–Crippen LogP) is 4.19. The van der Waals surface area contributed by atoms with Crippen molar-refractivity contribution < 1.29 is 47.6 Å². The monoisotopic (exact) mass is 669 g/mol. The first kappa shape index (κ1) is 33.7. The summed E-state index contributed by atoms with van der Waals surface area (Å²) in [6.07, 6.45) is -3.19. The molecule has 4 aliphatic rings. The quantitative estimate of drug-likeness (QED) is 0.204. The third-order valence-electron chi connectivity index (χ3n) is 10.3. The number of halogens is 3. The first-order chi connectivity index (χ1) is 22.7. The number of nitrogens with zero attached hydrogens (tertiary/aromatic N) is 1. The average Bonchev–Trinajstić information content (AvgIpc) is 3.49. The van der Waals surface area contributed by atoms with Crippen LogP contribution >= 0.6 is 0 Å². The summed E-state index contributed by atoms with van der Waals surface area (Å²) in [5, 5.41) is 34.3. The number of likely N-dealkylation sites (tertiary alicyclic amines) is 1. The number of hydrogen-bond acceptors (Lipinski definition) is 9. The van der Waals surface area contributed by atoms with Gasteiger partial charge in [0.2, 0.25) is 5.78 Å². The van der Waals surface area contributed by atoms with Gasteiger partial charge in [-0.15, -0.1) is 0 Å². The number of benzene rings is 2. The van der Waals surface area contributed by atoms with Crippen LogP contribution in [0.15, 0.2) is 53.3 Å². The highest BCUT2D eigenvalue weighted by Gasteiger charge is 2.63. The minimum atomic E-state index is -4.87. The Morgan fingerprint density at radius 3 is 2.52 bits per heavy atom. The topological polar surface area (TPSA) is 176 Å². The van der Waals surface area contributed by atoms with Crippen molar-refractivity contribution in [2.24, 2.45) is 23.3 Å². The van der Waals surface area contributed by atoms with Crippen molar-refractivity contribution >= 4 is 23.2 Å². The van der Waals surface area contributed by atoms with E-state index in [2.05, 4.69) is 0 Å². The van der Waals surface area contributed by atoms with Crippen LogP contribution < -0.4 is 16.2 Å². The van der Waals surface area contributed by atoms with Crippen molar-refractivity contribution in [3.63, 3.8) is 0 Å². The highest BCUT2D eigenvalue weighted by atomic mass is 19.4. The van der Waals surface area contributed by atoms with Gasteiger partial charge in [-0.1, -0.05) is 43.7 Å². The zero-order valence-electron chi connectivity index (χ0n) is 26.3. The molecule has 2 aromatic rings. The third kappa shape index (κ3) is 5.28. The summed E-state index contributed by atoms with van der Waals surface area (Å²) in [6.45, 7) is 3.04. The number of aliphatic hydroxyl groups excluding tert-OH is 2. The molecule has 7 N–H and O–H groups in total. The van der Waals surface area contributed by atoms with Crippen molar-refractivity contribution in [3.05, 3.63) is 81.1 Å². The van der Waals surface area contributed by atoms with E-state index in [0.29, 0.717) is 32.4 Å². The fraction of sp³-hybridized carbons (Fsp3) is 0.457. The molecule has 1 aliphatic heterocycles. The second-order valence-electron chi connectivity index (χ2n) is 13.1. The summed E-state index contributed by atoms with van der Waals surface area (Å²) < 4.78 is 52.0. The highest BCUT2D eigenvalue weighted by Crippen LogP contribution is 2.55. The summed E-state index contributed by atoms with van der Waals surface area (Å²) in [5.41, 5.74) is 6.45. The second-order valence-corrected chi connectivity index (χ2v) is 13.1. The lowest BCUT2D eigenvalue weighted by Crippen LogP contribution is -2.65. The normalized spacial score (nSPS) is 27.5. The Balaban J connectivity index is 1.55. The van der Waals surface area contributed by atoms with Crippen molar-refractivity contribution in [1.29, 1.82) is 0 Å². The lowest BCUT2D eigenvalue weighted by atomic mass is 9.57. The molecule has 0 spiro atoms. The zero-order valence-corrected chi connectivity index (χ0v) is 26.3. The summed E-state index contributed by atoms with van der Waals surface area (Å²) in [5.74, 6) is -8.54. The molecule has 1 unspecified atom stereocenters. The standard InChI is InChI=1S/C35H38F3N3O7/c1-2-3-12-48-23-15-19(22-10-7-11-41(22)16-17-8-5-4-6-9-17)27(35(36,37)38)20-13-18-14-21-28(39)30(43)26(33(40)46)32(45)34(21,47)31(44)24(18)29(42)25(20)23/h4-6,8-9,15,18,21-22,28,42,45,47H,2-3,7,10-14,16,39H2,1H3,(H2,40,46)/t18-,21-,22?,28-,34-/m0/s1. The molecule has 0 bridgehead atoms. The van der Waals surface area contributed by atoms with Crippen LogP contribution in [0, 0.1) is 11.8 Å². The molecule has 1 heterocycles. The van der Waals surface area contributed by atoms with Crippen LogP contribution in [-0.2, 0) is 33.5 Å². The van der Waals surface area contributed by atoms with Crippen molar-refractivity contribution in [2.75, 3.05) is 13.2 Å². The third-order valence-corrected chi connectivity index (χ3v) is 10.3. The number of amides is 1. The predicted molar refractivity (Wildman–Crippen MR) is 167 cm³/mol. The Kier molecular flexibility index (Phi) is 8.67. The number of fused-ring (bicyclic) bond motifs is 3. The number of nitrogens with two attached hydrogens (primary N) is 2. The van der Waals surface area contributed by atoms with Gasteiger partial charge < -0.3 is 31.5 Å². The van der Waals surface area contributed by atoms with E-state index in [0.717, 1.165) is 12.0 Å². The molecule has 256 valence electrons. The lowest BCUT2D eigenvalue weighted by molar-refractivity contribution is -0.149. The molecule has 3 aliphatic carbocycles. The number of carbonyl (C=O) groups excluding carboxylic acids is 3. The summed E-state index contributed by atoms with van der Waals surface area (Å²) in [7, 11) is 0. The van der Waals surface area contributed by atoms with Gasteiger partial charge >= 0.3 is 6.18 Å². The minimum absolute atomic E-state index is 0.00675. The molecule has 48 heavy (non-hydrogen) atoms. The molecule has 5 atom stereocenters. The van der Waals surface area contributed by atoms with Crippen LogP contribution in [0.3, 0.4) is 0 Å². The van der Waals surface area contributed by atoms with E-state index in [1.807, 2.05) is 42.2 Å². The van der Waals surface area contributed by atoms with Crippen molar-refractivity contribution in [2.45, 2.75) is 75.9 Å². The molecule has 6 rings (SSSR count). The Morgan fingerprint density at radius 2 is 1.88 bits per heavy atom. The summed E-state index contributed by atoms with van der Waals surface area (Å²) >= 11 is 0. The van der Waals surface area contributed by atoms with Gasteiger partial charge in [0.05, 0.1) is 23.8 Å². The fourth-order valence-electron chi connectivity index (χ4n) is 8.03. The highest BCUT2D eigenvalue weighted by molar-refractivity contribution is 6.24. The number of unbranched alkanes of at least 4 members (excludes halogenated alkanes) is 1. The van der Waals surface area contributed by atoms with E-state index in [1.54, 1.807) is 0 Å². The number of ether oxygens (including phenoxy) is 1. The molecule has 13 heteroatoms. The molecule has 10 nitrogen and oxygen atoms in total. The number of ketones is 2. The van der Waals surface area contributed by atoms with Gasteiger partial charge in [0, 0.05) is 24.1 Å². The number of alkyl halides is 3. The maximum atomic E-state index is 15.3. The molecule has 1 amide bonds. The van der Waals surface area contributed by atoms with Gasteiger partial charge in [-0.3, -0.25) is 19.3 Å². The maximum Gasteiger partial charge on any atom is 0.417 e. The number of rotatable bonds is 8.